The average Bonchev–Trinajstić information content (AvgIpc) is 2.18. The van der Waals surface area contributed by atoms with Crippen molar-refractivity contribution in [3.63, 3.8) is 0 Å². The minimum atomic E-state index is 0.623. The van der Waals surface area contributed by atoms with Gasteiger partial charge in [0.25, 0.3) is 0 Å². The molecule has 1 aliphatic rings. The van der Waals surface area contributed by atoms with E-state index < -0.39 is 0 Å². The van der Waals surface area contributed by atoms with Crippen LogP contribution in [0, 0.1) is 5.92 Å². The highest BCUT2D eigenvalue weighted by molar-refractivity contribution is 7.99. The standard InChI is InChI=1S/C12H26N2S/c1-11(10-14(2)3)13-7-4-12-5-8-15-9-6-12/h11-13H,4-10H2,1-3H3. The maximum Gasteiger partial charge on any atom is 0.0166 e. The largest absolute Gasteiger partial charge is 0.313 e. The van der Waals surface area contributed by atoms with Gasteiger partial charge in [-0.2, -0.15) is 11.8 Å². The predicted molar refractivity (Wildman–Crippen MR) is 70.7 cm³/mol. The van der Waals surface area contributed by atoms with Gasteiger partial charge in [-0.05, 0) is 64.2 Å². The summed E-state index contributed by atoms with van der Waals surface area (Å²) < 4.78 is 0. The van der Waals surface area contributed by atoms with E-state index in [4.69, 9.17) is 0 Å². The maximum absolute atomic E-state index is 3.61. The van der Waals surface area contributed by atoms with Crippen molar-refractivity contribution in [3.8, 4) is 0 Å². The van der Waals surface area contributed by atoms with Crippen molar-refractivity contribution in [1.82, 2.24) is 10.2 Å². The van der Waals surface area contributed by atoms with Crippen LogP contribution in [0.3, 0.4) is 0 Å². The van der Waals surface area contributed by atoms with Crippen molar-refractivity contribution in [1.29, 1.82) is 0 Å². The lowest BCUT2D eigenvalue weighted by molar-refractivity contribution is 0.338. The van der Waals surface area contributed by atoms with Gasteiger partial charge in [0, 0.05) is 12.6 Å². The summed E-state index contributed by atoms with van der Waals surface area (Å²) in [6, 6.07) is 0.623. The van der Waals surface area contributed by atoms with Crippen LogP contribution >= 0.6 is 11.8 Å². The molecule has 0 saturated carbocycles. The van der Waals surface area contributed by atoms with Crippen molar-refractivity contribution >= 4 is 11.8 Å². The quantitative estimate of drug-likeness (QED) is 0.752. The summed E-state index contributed by atoms with van der Waals surface area (Å²) in [7, 11) is 4.27. The average molecular weight is 230 g/mol. The minimum absolute atomic E-state index is 0.623. The van der Waals surface area contributed by atoms with Gasteiger partial charge in [0.05, 0.1) is 0 Å². The number of nitrogens with one attached hydrogen (secondary N) is 1. The second-order valence-electron chi connectivity index (χ2n) is 4.96. The van der Waals surface area contributed by atoms with Crippen LogP contribution in [0.4, 0.5) is 0 Å². The third-order valence-corrected chi connectivity index (χ3v) is 4.07. The summed E-state index contributed by atoms with van der Waals surface area (Å²) in [5.41, 5.74) is 0. The first-order chi connectivity index (χ1) is 7.18. The molecule has 0 bridgehead atoms. The molecule has 1 N–H and O–H groups in total. The highest BCUT2D eigenvalue weighted by Gasteiger charge is 2.13. The Morgan fingerprint density at radius 2 is 2.00 bits per heavy atom. The van der Waals surface area contributed by atoms with Gasteiger partial charge in [0.15, 0.2) is 0 Å². The number of rotatable bonds is 6. The molecular formula is C12H26N2S. The van der Waals surface area contributed by atoms with Crippen LogP contribution in [0.2, 0.25) is 0 Å². The van der Waals surface area contributed by atoms with E-state index in [0.29, 0.717) is 6.04 Å². The number of likely N-dealkylation sites (N-methyl/N-ethyl adjacent to an activating group) is 1. The van der Waals surface area contributed by atoms with E-state index in [1.54, 1.807) is 0 Å². The number of hydrogen-bond acceptors (Lipinski definition) is 3. The van der Waals surface area contributed by atoms with E-state index in [1.165, 1.54) is 37.3 Å². The van der Waals surface area contributed by atoms with Crippen LogP contribution in [0.25, 0.3) is 0 Å². The summed E-state index contributed by atoms with van der Waals surface area (Å²) in [4.78, 5) is 2.24. The molecule has 1 fully saturated rings. The third-order valence-electron chi connectivity index (χ3n) is 3.03. The molecule has 2 nitrogen and oxygen atoms in total. The smallest absolute Gasteiger partial charge is 0.0166 e. The van der Waals surface area contributed by atoms with Crippen molar-refractivity contribution in [3.05, 3.63) is 0 Å². The summed E-state index contributed by atoms with van der Waals surface area (Å²) in [5, 5.41) is 3.61. The number of thioether (sulfide) groups is 1. The summed E-state index contributed by atoms with van der Waals surface area (Å²) in [6.07, 6.45) is 4.25. The predicted octanol–water partition coefficient (Wildman–Crippen LogP) is 2.06. The lowest BCUT2D eigenvalue weighted by Gasteiger charge is -2.23. The lowest BCUT2D eigenvalue weighted by Crippen LogP contribution is -2.36. The molecule has 1 atom stereocenters. The topological polar surface area (TPSA) is 15.3 Å². The molecule has 1 aliphatic heterocycles. The van der Waals surface area contributed by atoms with E-state index in [1.807, 2.05) is 0 Å². The van der Waals surface area contributed by atoms with Gasteiger partial charge in [0.1, 0.15) is 0 Å². The fourth-order valence-electron chi connectivity index (χ4n) is 2.18. The van der Waals surface area contributed by atoms with Crippen LogP contribution < -0.4 is 5.32 Å². The fraction of sp³-hybridized carbons (Fsp3) is 1.00. The van der Waals surface area contributed by atoms with Crippen LogP contribution in [0.1, 0.15) is 26.2 Å². The van der Waals surface area contributed by atoms with Gasteiger partial charge < -0.3 is 10.2 Å². The van der Waals surface area contributed by atoms with Gasteiger partial charge in [-0.25, -0.2) is 0 Å². The van der Waals surface area contributed by atoms with Gasteiger partial charge in [-0.3, -0.25) is 0 Å². The molecule has 0 aromatic rings. The zero-order valence-electron chi connectivity index (χ0n) is 10.5. The monoisotopic (exact) mass is 230 g/mol. The Balaban J connectivity index is 1.99. The Hall–Kier alpha value is 0.270. The van der Waals surface area contributed by atoms with Crippen LogP contribution in [0.5, 0.6) is 0 Å². The second-order valence-corrected chi connectivity index (χ2v) is 6.19. The van der Waals surface area contributed by atoms with E-state index in [2.05, 4.69) is 43.0 Å². The van der Waals surface area contributed by atoms with E-state index >= 15 is 0 Å². The van der Waals surface area contributed by atoms with Crippen molar-refractivity contribution in [2.75, 3.05) is 38.7 Å². The molecule has 0 amide bonds. The second kappa shape index (κ2) is 7.53. The highest BCUT2D eigenvalue weighted by Crippen LogP contribution is 2.24. The van der Waals surface area contributed by atoms with Crippen molar-refractivity contribution in [2.45, 2.75) is 32.2 Å². The minimum Gasteiger partial charge on any atom is -0.313 e. The van der Waals surface area contributed by atoms with Crippen LogP contribution in [-0.4, -0.2) is 49.6 Å². The molecule has 1 unspecified atom stereocenters. The molecular weight excluding hydrogens is 204 g/mol. The first-order valence-corrected chi connectivity index (χ1v) is 7.30. The van der Waals surface area contributed by atoms with E-state index in [9.17, 15) is 0 Å². The van der Waals surface area contributed by atoms with Gasteiger partial charge in [-0.15, -0.1) is 0 Å². The SMILES string of the molecule is CC(CN(C)C)NCCC1CCSCC1. The van der Waals surface area contributed by atoms with Gasteiger partial charge in [0.2, 0.25) is 0 Å². The van der Waals surface area contributed by atoms with E-state index in [0.717, 1.165) is 12.5 Å². The Morgan fingerprint density at radius 3 is 2.60 bits per heavy atom. The molecule has 0 spiro atoms. The molecule has 0 aliphatic carbocycles. The Labute approximate surface area is 99.2 Å². The molecule has 15 heavy (non-hydrogen) atoms. The van der Waals surface area contributed by atoms with Gasteiger partial charge >= 0.3 is 0 Å². The molecule has 3 heteroatoms. The number of hydrogen-bond donors (Lipinski definition) is 1. The summed E-state index contributed by atoms with van der Waals surface area (Å²) >= 11 is 2.12. The Morgan fingerprint density at radius 1 is 1.33 bits per heavy atom. The Kier molecular flexibility index (Phi) is 6.69. The molecule has 1 saturated heterocycles. The highest BCUT2D eigenvalue weighted by atomic mass is 32.2. The first kappa shape index (κ1) is 13.3. The maximum atomic E-state index is 3.61. The zero-order valence-corrected chi connectivity index (χ0v) is 11.3. The Bertz CT molecular complexity index is 156. The fourth-order valence-corrected chi connectivity index (χ4v) is 3.39. The summed E-state index contributed by atoms with van der Waals surface area (Å²) in [6.45, 7) is 4.61. The van der Waals surface area contributed by atoms with Crippen LogP contribution in [-0.2, 0) is 0 Å². The molecule has 1 rings (SSSR count). The third kappa shape index (κ3) is 6.44. The molecule has 1 heterocycles. The number of nitrogens with zero attached hydrogens (tertiary/aromatic N) is 1. The lowest BCUT2D eigenvalue weighted by atomic mass is 9.99. The van der Waals surface area contributed by atoms with Crippen LogP contribution in [0.15, 0.2) is 0 Å². The normalized spacial score (nSPS) is 20.8. The molecule has 0 aromatic carbocycles. The zero-order chi connectivity index (χ0) is 11.1. The molecule has 90 valence electrons. The van der Waals surface area contributed by atoms with Crippen molar-refractivity contribution in [2.24, 2.45) is 5.92 Å². The first-order valence-electron chi connectivity index (χ1n) is 6.14. The molecule has 0 radical (unpaired) electrons. The van der Waals surface area contributed by atoms with Crippen molar-refractivity contribution < 1.29 is 0 Å². The van der Waals surface area contributed by atoms with E-state index in [-0.39, 0.29) is 0 Å². The summed E-state index contributed by atoms with van der Waals surface area (Å²) in [5.74, 6) is 3.76. The van der Waals surface area contributed by atoms with Gasteiger partial charge in [-0.1, -0.05) is 0 Å². The molecule has 0 aromatic heterocycles.